The number of carbonyl (C=O) groups is 3. The monoisotopic (exact) mass is 943 g/mol. The second-order valence-corrected chi connectivity index (χ2v) is 13.4. The predicted molar refractivity (Wildman–Crippen MR) is 234 cm³/mol. The van der Waals surface area contributed by atoms with Gasteiger partial charge in [-0.15, -0.1) is 0 Å². The van der Waals surface area contributed by atoms with Gasteiger partial charge in [-0.05, 0) is 0 Å². The van der Waals surface area contributed by atoms with E-state index in [1.54, 1.807) is 0 Å². The lowest BCUT2D eigenvalue weighted by Gasteiger charge is -2.29. The fourth-order valence-electron chi connectivity index (χ4n) is 4.50. The Bertz CT molecular complexity index is 982. The Kier molecular flexibility index (Phi) is 48.1. The van der Waals surface area contributed by atoms with Gasteiger partial charge in [0.05, 0.1) is 198 Å². The normalized spacial score (nSPS) is 11.4. The van der Waals surface area contributed by atoms with E-state index >= 15 is 0 Å². The highest BCUT2D eigenvalue weighted by Gasteiger charge is 2.26. The molecule has 21 nitrogen and oxygen atoms in total. The van der Waals surface area contributed by atoms with Crippen LogP contribution in [0.4, 0.5) is 0 Å². The maximum Gasteiger partial charge on any atom is 0.330 e. The van der Waals surface area contributed by atoms with Crippen LogP contribution in [0.2, 0.25) is 0 Å². The molecule has 380 valence electrons. The minimum Gasteiger partial charge on any atom is -0.460 e. The van der Waals surface area contributed by atoms with Crippen molar-refractivity contribution in [3.63, 3.8) is 0 Å². The SMILES string of the molecule is C=CC(=O)OCCOCCOCCOCCOCCOCC(C)(COCCOCCOCCOCCOCCOC(=O)C=C)COCCOCCOCCOCCOCCOC(=O)C=C. The van der Waals surface area contributed by atoms with Crippen LogP contribution >= 0.6 is 0 Å². The highest BCUT2D eigenvalue weighted by atomic mass is 16.6. The van der Waals surface area contributed by atoms with Gasteiger partial charge in [0.15, 0.2) is 0 Å². The molecule has 0 bridgehead atoms. The van der Waals surface area contributed by atoms with Crippen LogP contribution < -0.4 is 0 Å². The molecule has 0 unspecified atom stereocenters. The molecule has 65 heavy (non-hydrogen) atoms. The minimum absolute atomic E-state index is 0.170. The number of rotatable bonds is 54. The quantitative estimate of drug-likeness (QED) is 0.0365. The molecule has 0 heterocycles. The van der Waals surface area contributed by atoms with Crippen molar-refractivity contribution in [3.8, 4) is 0 Å². The molecule has 0 aromatic rings. The minimum atomic E-state index is -0.479. The number of ether oxygens (including phenoxy) is 18. The zero-order valence-electron chi connectivity index (χ0n) is 38.8. The molecule has 0 fully saturated rings. The lowest BCUT2D eigenvalue weighted by molar-refractivity contribution is -0.140. The van der Waals surface area contributed by atoms with E-state index in [1.807, 2.05) is 6.92 Å². The van der Waals surface area contributed by atoms with Crippen molar-refractivity contribution in [2.24, 2.45) is 5.41 Å². The largest absolute Gasteiger partial charge is 0.460 e. The smallest absolute Gasteiger partial charge is 0.330 e. The van der Waals surface area contributed by atoms with Gasteiger partial charge in [-0.3, -0.25) is 0 Å². The summed E-state index contributed by atoms with van der Waals surface area (Å²) in [6.07, 6.45) is 3.31. The van der Waals surface area contributed by atoms with Crippen molar-refractivity contribution in [2.75, 3.05) is 218 Å². The number of hydrogen-bond acceptors (Lipinski definition) is 21. The average Bonchev–Trinajstić information content (AvgIpc) is 3.31. The van der Waals surface area contributed by atoms with Crippen molar-refractivity contribution >= 4 is 17.9 Å². The van der Waals surface area contributed by atoms with Gasteiger partial charge in [0.1, 0.15) is 19.8 Å². The van der Waals surface area contributed by atoms with E-state index in [0.29, 0.717) is 198 Å². The first-order valence-electron chi connectivity index (χ1n) is 21.9. The van der Waals surface area contributed by atoms with Crippen LogP contribution in [0.3, 0.4) is 0 Å². The molecule has 0 saturated heterocycles. The van der Waals surface area contributed by atoms with E-state index in [9.17, 15) is 14.4 Å². The molecule has 0 aromatic carbocycles. The predicted octanol–water partition coefficient (Wildman–Crippen LogP) is 1.43. The highest BCUT2D eigenvalue weighted by molar-refractivity contribution is 5.81. The molecule has 0 radical (unpaired) electrons. The highest BCUT2D eigenvalue weighted by Crippen LogP contribution is 2.18. The van der Waals surface area contributed by atoms with Gasteiger partial charge in [-0.2, -0.15) is 0 Å². The molecule has 0 aliphatic carbocycles. The first kappa shape index (κ1) is 62.0. The van der Waals surface area contributed by atoms with Gasteiger partial charge in [0.25, 0.3) is 0 Å². The van der Waals surface area contributed by atoms with Gasteiger partial charge in [-0.25, -0.2) is 14.4 Å². The van der Waals surface area contributed by atoms with E-state index < -0.39 is 23.3 Å². The molecule has 0 amide bonds. The van der Waals surface area contributed by atoms with Crippen LogP contribution in [0, 0.1) is 5.41 Å². The molecule has 0 atom stereocenters. The summed E-state index contributed by atoms with van der Waals surface area (Å²) < 4.78 is 98.1. The summed E-state index contributed by atoms with van der Waals surface area (Å²) in [6.45, 7) is 24.4. The first-order chi connectivity index (χ1) is 31.9. The zero-order chi connectivity index (χ0) is 47.4. The Morgan fingerprint density at radius 1 is 0.277 bits per heavy atom. The van der Waals surface area contributed by atoms with E-state index in [4.69, 9.17) is 85.3 Å². The third kappa shape index (κ3) is 48.8. The molecule has 0 saturated carbocycles. The third-order valence-corrected chi connectivity index (χ3v) is 7.73. The number of hydrogen-bond donors (Lipinski definition) is 0. The number of carbonyl (C=O) groups excluding carboxylic acids is 3. The van der Waals surface area contributed by atoms with Crippen LogP contribution in [0.5, 0.6) is 0 Å². The Morgan fingerprint density at radius 2 is 0.415 bits per heavy atom. The summed E-state index contributed by atoms with van der Waals surface area (Å²) in [5, 5.41) is 0. The summed E-state index contributed by atoms with van der Waals surface area (Å²) in [4.78, 5) is 32.9. The lowest BCUT2D eigenvalue weighted by Crippen LogP contribution is -2.35. The second-order valence-electron chi connectivity index (χ2n) is 13.4. The molecular weight excluding hydrogens is 864 g/mol. The summed E-state index contributed by atoms with van der Waals surface area (Å²) >= 11 is 0. The van der Waals surface area contributed by atoms with E-state index in [0.717, 1.165) is 18.2 Å². The van der Waals surface area contributed by atoms with Crippen LogP contribution in [-0.2, 0) is 99.6 Å². The lowest BCUT2D eigenvalue weighted by atomic mass is 9.94. The average molecular weight is 943 g/mol. The molecule has 0 aliphatic rings. The maximum absolute atomic E-state index is 11.0. The summed E-state index contributed by atoms with van der Waals surface area (Å²) in [7, 11) is 0. The van der Waals surface area contributed by atoms with Crippen molar-refractivity contribution in [2.45, 2.75) is 6.92 Å². The van der Waals surface area contributed by atoms with Crippen molar-refractivity contribution in [3.05, 3.63) is 38.0 Å². The standard InChI is InChI=1S/C44H78O21/c1-5-41(45)63-35-32-57-23-20-51-11-8-48-14-17-54-26-29-60-38-44(4,39-61-30-27-55-18-15-49-9-12-52-21-24-58-33-36-64-42(46)6-2)40-62-31-28-56-19-16-50-10-13-53-22-25-59-34-37-65-43(47)7-3/h5-7H,1-3,8-40H2,4H3. The summed E-state index contributed by atoms with van der Waals surface area (Å²) in [5.74, 6) is -1.44. The van der Waals surface area contributed by atoms with Crippen molar-refractivity contribution in [1.82, 2.24) is 0 Å². The second kappa shape index (κ2) is 50.4. The molecule has 0 N–H and O–H groups in total. The fourth-order valence-corrected chi connectivity index (χ4v) is 4.50. The topological polar surface area (TPSA) is 217 Å². The first-order valence-corrected chi connectivity index (χ1v) is 21.9. The molecule has 0 aliphatic heterocycles. The molecular formula is C44H78O21. The van der Waals surface area contributed by atoms with Gasteiger partial charge < -0.3 is 85.3 Å². The van der Waals surface area contributed by atoms with Crippen LogP contribution in [0.25, 0.3) is 0 Å². The third-order valence-electron chi connectivity index (χ3n) is 7.73. The van der Waals surface area contributed by atoms with Crippen LogP contribution in [0.1, 0.15) is 6.92 Å². The van der Waals surface area contributed by atoms with Crippen LogP contribution in [0.15, 0.2) is 38.0 Å². The summed E-state index contributed by atoms with van der Waals surface area (Å²) in [5.41, 5.74) is -0.439. The Morgan fingerprint density at radius 3 is 0.569 bits per heavy atom. The molecule has 21 heteroatoms. The molecule has 0 rings (SSSR count). The molecule has 0 spiro atoms. The Labute approximate surface area is 385 Å². The summed E-state index contributed by atoms with van der Waals surface area (Å²) in [6, 6.07) is 0. The van der Waals surface area contributed by atoms with E-state index in [1.165, 1.54) is 0 Å². The van der Waals surface area contributed by atoms with Gasteiger partial charge >= 0.3 is 17.9 Å². The van der Waals surface area contributed by atoms with E-state index in [-0.39, 0.29) is 19.8 Å². The maximum atomic E-state index is 11.0. The van der Waals surface area contributed by atoms with Crippen LogP contribution in [-0.4, -0.2) is 236 Å². The van der Waals surface area contributed by atoms with Gasteiger partial charge in [0.2, 0.25) is 0 Å². The Hall–Kier alpha value is -2.97. The van der Waals surface area contributed by atoms with Gasteiger partial charge in [0, 0.05) is 23.6 Å². The molecule has 0 aromatic heterocycles. The Balaban J connectivity index is 4.13. The fraction of sp³-hybridized carbons (Fsp3) is 0.795. The number of esters is 3. The van der Waals surface area contributed by atoms with E-state index in [2.05, 4.69) is 19.7 Å². The zero-order valence-corrected chi connectivity index (χ0v) is 38.8. The van der Waals surface area contributed by atoms with Crippen molar-refractivity contribution in [1.29, 1.82) is 0 Å². The van der Waals surface area contributed by atoms with Gasteiger partial charge in [-0.1, -0.05) is 26.7 Å². The van der Waals surface area contributed by atoms with Crippen molar-refractivity contribution < 1.29 is 99.6 Å².